The number of esters is 2. The molecule has 12 heteroatoms. The molecule has 5 rings (SSSR count). The van der Waals surface area contributed by atoms with Crippen molar-refractivity contribution in [2.24, 2.45) is 5.41 Å². The fourth-order valence-electron chi connectivity index (χ4n) is 5.38. The fourth-order valence-corrected chi connectivity index (χ4v) is 5.38. The number of nitrogens with one attached hydrogen (secondary N) is 1. The van der Waals surface area contributed by atoms with Crippen LogP contribution in [0.5, 0.6) is 0 Å². The molecule has 0 aromatic carbocycles. The third kappa shape index (κ3) is 5.32. The Balaban J connectivity index is 1.46. The van der Waals surface area contributed by atoms with Crippen molar-refractivity contribution in [3.8, 4) is 0 Å². The monoisotopic (exact) mass is 555 g/mol. The second-order valence-corrected chi connectivity index (χ2v) is 10.7. The number of hydrogen-bond acceptors (Lipinski definition) is 10. The summed E-state index contributed by atoms with van der Waals surface area (Å²) in [5.41, 5.74) is -3.29. The van der Waals surface area contributed by atoms with Crippen LogP contribution in [0.3, 0.4) is 0 Å². The van der Waals surface area contributed by atoms with E-state index in [-0.39, 0.29) is 17.5 Å². The number of morpholine rings is 1. The SMILES string of the molecule is COC(=O)C(F)(C(=O)OC)c1ccc(C(=O)Nc2cccc(N3CCO[C@H](C)C3)n2)c(N2CCC3(CC2)CC3)n1. The van der Waals surface area contributed by atoms with Crippen LogP contribution in [-0.2, 0) is 29.5 Å². The van der Waals surface area contributed by atoms with Gasteiger partial charge in [0.15, 0.2) is 0 Å². The molecule has 2 aliphatic heterocycles. The van der Waals surface area contributed by atoms with Crippen molar-refractivity contribution >= 4 is 35.3 Å². The number of ether oxygens (including phenoxy) is 3. The van der Waals surface area contributed by atoms with E-state index in [1.807, 2.05) is 24.0 Å². The quantitative estimate of drug-likeness (QED) is 0.403. The minimum atomic E-state index is -3.29. The van der Waals surface area contributed by atoms with Crippen LogP contribution in [0.25, 0.3) is 0 Å². The van der Waals surface area contributed by atoms with Gasteiger partial charge in [0.1, 0.15) is 23.1 Å². The second kappa shape index (κ2) is 11.0. The number of alkyl halides is 1. The smallest absolute Gasteiger partial charge is 0.362 e. The van der Waals surface area contributed by atoms with Crippen molar-refractivity contribution in [1.82, 2.24) is 9.97 Å². The molecule has 4 heterocycles. The van der Waals surface area contributed by atoms with E-state index in [1.54, 1.807) is 6.07 Å². The van der Waals surface area contributed by atoms with E-state index in [0.29, 0.717) is 49.8 Å². The lowest BCUT2D eigenvalue weighted by Crippen LogP contribution is -2.43. The highest BCUT2D eigenvalue weighted by molar-refractivity contribution is 6.08. The van der Waals surface area contributed by atoms with Crippen LogP contribution < -0.4 is 15.1 Å². The number of pyridine rings is 2. The Morgan fingerprint density at radius 3 is 2.33 bits per heavy atom. The van der Waals surface area contributed by atoms with E-state index in [1.165, 1.54) is 18.9 Å². The maximum atomic E-state index is 16.0. The molecule has 3 aliphatic rings. The average molecular weight is 556 g/mol. The van der Waals surface area contributed by atoms with Crippen LogP contribution in [0.2, 0.25) is 0 Å². The van der Waals surface area contributed by atoms with Gasteiger partial charge in [-0.3, -0.25) is 4.79 Å². The molecule has 1 amide bonds. The first-order valence-corrected chi connectivity index (χ1v) is 13.5. The topological polar surface area (TPSA) is 123 Å². The Morgan fingerprint density at radius 1 is 1.00 bits per heavy atom. The third-order valence-electron chi connectivity index (χ3n) is 8.03. The highest BCUT2D eigenvalue weighted by Gasteiger charge is 2.53. The number of aromatic nitrogens is 2. The maximum absolute atomic E-state index is 16.0. The van der Waals surface area contributed by atoms with E-state index in [4.69, 9.17) is 4.74 Å². The second-order valence-electron chi connectivity index (χ2n) is 10.7. The van der Waals surface area contributed by atoms with Crippen molar-refractivity contribution < 1.29 is 33.0 Å². The van der Waals surface area contributed by atoms with Crippen LogP contribution in [-0.4, -0.2) is 80.9 Å². The number of piperidine rings is 1. The number of methoxy groups -OCH3 is 2. The van der Waals surface area contributed by atoms with Gasteiger partial charge in [0.05, 0.1) is 32.5 Å². The molecule has 0 bridgehead atoms. The molecule has 1 aliphatic carbocycles. The summed E-state index contributed by atoms with van der Waals surface area (Å²) < 4.78 is 30.7. The normalized spacial score (nSPS) is 20.1. The van der Waals surface area contributed by atoms with Crippen LogP contribution in [0.4, 0.5) is 21.8 Å². The summed E-state index contributed by atoms with van der Waals surface area (Å²) in [7, 11) is 1.95. The zero-order valence-corrected chi connectivity index (χ0v) is 22.9. The fraction of sp³-hybridized carbons (Fsp3) is 0.536. The first-order valence-electron chi connectivity index (χ1n) is 13.5. The Kier molecular flexibility index (Phi) is 7.63. The molecule has 40 heavy (non-hydrogen) atoms. The van der Waals surface area contributed by atoms with Gasteiger partial charge in [-0.25, -0.2) is 23.9 Å². The maximum Gasteiger partial charge on any atom is 0.362 e. The molecular weight excluding hydrogens is 521 g/mol. The third-order valence-corrected chi connectivity index (χ3v) is 8.03. The first kappa shape index (κ1) is 27.8. The Morgan fingerprint density at radius 2 is 1.70 bits per heavy atom. The minimum absolute atomic E-state index is 0.0675. The number of rotatable bonds is 7. The Labute approximate surface area is 232 Å². The van der Waals surface area contributed by atoms with Crippen LogP contribution in [0.15, 0.2) is 30.3 Å². The highest BCUT2D eigenvalue weighted by atomic mass is 19.1. The lowest BCUT2D eigenvalue weighted by atomic mass is 9.93. The molecule has 214 valence electrons. The van der Waals surface area contributed by atoms with Crippen molar-refractivity contribution in [3.05, 3.63) is 41.6 Å². The highest BCUT2D eigenvalue weighted by Crippen LogP contribution is 2.54. The lowest BCUT2D eigenvalue weighted by Gasteiger charge is -2.34. The van der Waals surface area contributed by atoms with Gasteiger partial charge in [-0.1, -0.05) is 6.07 Å². The van der Waals surface area contributed by atoms with Crippen LogP contribution >= 0.6 is 0 Å². The molecular formula is C28H34FN5O6. The van der Waals surface area contributed by atoms with E-state index in [9.17, 15) is 14.4 Å². The van der Waals surface area contributed by atoms with Gasteiger partial charge in [-0.2, -0.15) is 0 Å². The van der Waals surface area contributed by atoms with Crippen molar-refractivity contribution in [2.75, 3.05) is 62.1 Å². The molecule has 0 radical (unpaired) electrons. The van der Waals surface area contributed by atoms with Crippen LogP contribution in [0, 0.1) is 5.41 Å². The molecule has 1 spiro atoms. The van der Waals surface area contributed by atoms with E-state index < -0.39 is 29.2 Å². The van der Waals surface area contributed by atoms with Gasteiger partial charge in [0.25, 0.3) is 5.91 Å². The molecule has 2 saturated heterocycles. The van der Waals surface area contributed by atoms with Gasteiger partial charge in [0.2, 0.25) is 0 Å². The number of amides is 1. The van der Waals surface area contributed by atoms with E-state index in [2.05, 4.69) is 29.7 Å². The van der Waals surface area contributed by atoms with Crippen LogP contribution in [0.1, 0.15) is 48.7 Å². The Bertz CT molecular complexity index is 1280. The summed E-state index contributed by atoms with van der Waals surface area (Å²) in [5, 5.41) is 2.83. The molecule has 1 saturated carbocycles. The number of carbonyl (C=O) groups is 3. The zero-order chi connectivity index (χ0) is 28.5. The number of hydrogen-bond donors (Lipinski definition) is 1. The van der Waals surface area contributed by atoms with Gasteiger partial charge >= 0.3 is 17.6 Å². The Hall–Kier alpha value is -3.80. The summed E-state index contributed by atoms with van der Waals surface area (Å²) in [4.78, 5) is 51.4. The number of carbonyl (C=O) groups excluding carboxylic acids is 3. The van der Waals surface area contributed by atoms with Gasteiger partial charge in [0, 0.05) is 26.2 Å². The molecule has 2 aromatic rings. The molecule has 1 atom stereocenters. The summed E-state index contributed by atoms with van der Waals surface area (Å²) in [6.07, 6.45) is 4.23. The molecule has 1 N–H and O–H groups in total. The lowest BCUT2D eigenvalue weighted by molar-refractivity contribution is -0.172. The first-order chi connectivity index (χ1) is 19.2. The van der Waals surface area contributed by atoms with Gasteiger partial charge < -0.3 is 29.3 Å². The summed E-state index contributed by atoms with van der Waals surface area (Å²) in [6, 6.07) is 7.87. The van der Waals surface area contributed by atoms with Gasteiger partial charge in [-0.15, -0.1) is 0 Å². The van der Waals surface area contributed by atoms with E-state index >= 15 is 4.39 Å². The van der Waals surface area contributed by atoms with Crippen molar-refractivity contribution in [1.29, 1.82) is 0 Å². The minimum Gasteiger partial charge on any atom is -0.466 e. The molecule has 2 aromatic heterocycles. The van der Waals surface area contributed by atoms with Crippen molar-refractivity contribution in [3.63, 3.8) is 0 Å². The number of nitrogens with zero attached hydrogens (tertiary/aromatic N) is 4. The van der Waals surface area contributed by atoms with Gasteiger partial charge in [-0.05, 0) is 62.3 Å². The predicted molar refractivity (Wildman–Crippen MR) is 144 cm³/mol. The summed E-state index contributed by atoms with van der Waals surface area (Å²) in [5.74, 6) is -2.17. The summed E-state index contributed by atoms with van der Waals surface area (Å²) >= 11 is 0. The molecule has 0 unspecified atom stereocenters. The number of anilines is 3. The van der Waals surface area contributed by atoms with E-state index in [0.717, 1.165) is 33.1 Å². The molecule has 3 fully saturated rings. The number of halogens is 1. The predicted octanol–water partition coefficient (Wildman–Crippen LogP) is 2.85. The largest absolute Gasteiger partial charge is 0.466 e. The summed E-state index contributed by atoms with van der Waals surface area (Å²) in [6.45, 7) is 5.16. The standard InChI is InChI=1S/C28H34FN5O6/c1-18-17-34(15-16-40-18)22-6-4-5-21(31-22)32-24(35)19-7-8-20(28(29,25(36)38-2)26(37)39-3)30-23(19)33-13-11-27(9-10-27)12-14-33/h4-8,18H,9-17H2,1-3H3,(H,31,32,35)/t18-/m1/s1. The average Bonchev–Trinajstić information content (AvgIpc) is 3.74. The zero-order valence-electron chi connectivity index (χ0n) is 22.9. The van der Waals surface area contributed by atoms with Crippen molar-refractivity contribution in [2.45, 2.75) is 44.4 Å². The molecule has 11 nitrogen and oxygen atoms in total.